The van der Waals surface area contributed by atoms with Gasteiger partial charge in [-0.05, 0) is 6.07 Å². The highest BCUT2D eigenvalue weighted by Gasteiger charge is 2.17. The first-order valence-electron chi connectivity index (χ1n) is 6.56. The van der Waals surface area contributed by atoms with E-state index in [4.69, 9.17) is 15.7 Å². The molecule has 0 saturated heterocycles. The third kappa shape index (κ3) is 2.63. The van der Waals surface area contributed by atoms with E-state index in [0.717, 1.165) is 0 Å². The van der Waals surface area contributed by atoms with Gasteiger partial charge in [-0.15, -0.1) is 5.10 Å². The summed E-state index contributed by atoms with van der Waals surface area (Å²) in [7, 11) is 0. The highest BCUT2D eigenvalue weighted by Crippen LogP contribution is 2.17. The Labute approximate surface area is 125 Å². The molecule has 0 bridgehead atoms. The van der Waals surface area contributed by atoms with E-state index in [9.17, 15) is 4.39 Å². The molecule has 0 radical (unpaired) electrons. The first-order chi connectivity index (χ1) is 10.7. The Morgan fingerprint density at radius 2 is 2.14 bits per heavy atom. The van der Waals surface area contributed by atoms with Gasteiger partial charge in [0.25, 0.3) is 0 Å². The fourth-order valence-electron chi connectivity index (χ4n) is 1.98. The van der Waals surface area contributed by atoms with Crippen molar-refractivity contribution in [1.29, 1.82) is 5.41 Å². The van der Waals surface area contributed by atoms with E-state index in [0.29, 0.717) is 17.1 Å². The minimum Gasteiger partial charge on any atom is -0.364 e. The van der Waals surface area contributed by atoms with Crippen LogP contribution in [-0.2, 0) is 6.54 Å². The van der Waals surface area contributed by atoms with Crippen LogP contribution in [-0.4, -0.2) is 32.2 Å². The lowest BCUT2D eigenvalue weighted by atomic mass is 10.2. The molecule has 0 saturated carbocycles. The van der Waals surface area contributed by atoms with Gasteiger partial charge in [0.1, 0.15) is 12.1 Å². The largest absolute Gasteiger partial charge is 0.364 e. The molecule has 112 valence electrons. The Morgan fingerprint density at radius 3 is 2.82 bits per heavy atom. The summed E-state index contributed by atoms with van der Waals surface area (Å²) >= 11 is 0. The lowest BCUT2D eigenvalue weighted by Gasteiger charge is -2.05. The van der Waals surface area contributed by atoms with E-state index in [2.05, 4.69) is 15.2 Å². The van der Waals surface area contributed by atoms with Crippen LogP contribution >= 0.6 is 0 Å². The van der Waals surface area contributed by atoms with Crippen LogP contribution < -0.4 is 5.73 Å². The van der Waals surface area contributed by atoms with E-state index in [1.807, 2.05) is 0 Å². The van der Waals surface area contributed by atoms with Gasteiger partial charge < -0.3 is 10.3 Å². The zero-order valence-electron chi connectivity index (χ0n) is 11.5. The van der Waals surface area contributed by atoms with Crippen LogP contribution in [0.2, 0.25) is 0 Å². The zero-order chi connectivity index (χ0) is 15.5. The molecule has 0 aliphatic heterocycles. The van der Waals surface area contributed by atoms with Crippen molar-refractivity contribution in [3.63, 3.8) is 0 Å². The van der Waals surface area contributed by atoms with Gasteiger partial charge >= 0.3 is 0 Å². The second-order valence-corrected chi connectivity index (χ2v) is 4.58. The number of rotatable bonds is 5. The molecular formula is C14H13FN6O. The van der Waals surface area contributed by atoms with Gasteiger partial charge in [-0.2, -0.15) is 0 Å². The van der Waals surface area contributed by atoms with Gasteiger partial charge in [0.15, 0.2) is 17.3 Å². The van der Waals surface area contributed by atoms with Gasteiger partial charge in [0.05, 0.1) is 12.3 Å². The predicted octanol–water partition coefficient (Wildman–Crippen LogP) is 1.45. The summed E-state index contributed by atoms with van der Waals surface area (Å²) in [4.78, 5) is 4.25. The molecule has 0 aliphatic carbocycles. The van der Waals surface area contributed by atoms with Crippen molar-refractivity contribution < 1.29 is 8.91 Å². The summed E-state index contributed by atoms with van der Waals surface area (Å²) in [6.45, 7) is 0.182. The molecule has 22 heavy (non-hydrogen) atoms. The molecule has 0 aliphatic rings. The Hall–Kier alpha value is -2.87. The van der Waals surface area contributed by atoms with Crippen LogP contribution in [0.25, 0.3) is 11.5 Å². The molecule has 0 fully saturated rings. The molecule has 8 heteroatoms. The number of halogens is 1. The fraction of sp³-hybridized carbons (Fsp3) is 0.143. The third-order valence-electron chi connectivity index (χ3n) is 3.09. The molecule has 3 rings (SSSR count). The van der Waals surface area contributed by atoms with Gasteiger partial charge in [0.2, 0.25) is 0 Å². The van der Waals surface area contributed by atoms with Crippen molar-refractivity contribution in [2.75, 3.05) is 6.54 Å². The minimum absolute atomic E-state index is 0.0158. The van der Waals surface area contributed by atoms with E-state index < -0.39 is 0 Å². The molecule has 7 nitrogen and oxygen atoms in total. The fourth-order valence-corrected chi connectivity index (χ4v) is 1.98. The van der Waals surface area contributed by atoms with E-state index in [-0.39, 0.29) is 30.4 Å². The summed E-state index contributed by atoms with van der Waals surface area (Å²) in [5.74, 6) is 0.251. The van der Waals surface area contributed by atoms with Gasteiger partial charge in [0, 0.05) is 18.2 Å². The summed E-state index contributed by atoms with van der Waals surface area (Å²) in [5.41, 5.74) is 6.46. The quantitative estimate of drug-likeness (QED) is 0.693. The molecule has 0 spiro atoms. The SMILES string of the molecule is N=C(CN)c1nc(-c2ccon2)n(Cc2ccccc2F)n1. The van der Waals surface area contributed by atoms with Crippen molar-refractivity contribution in [2.45, 2.75) is 6.54 Å². The topological polar surface area (TPSA) is 107 Å². The molecule has 1 aromatic carbocycles. The Kier molecular flexibility index (Phi) is 3.75. The van der Waals surface area contributed by atoms with Crippen LogP contribution in [0.5, 0.6) is 0 Å². The Bertz CT molecular complexity index is 796. The third-order valence-corrected chi connectivity index (χ3v) is 3.09. The molecule has 2 heterocycles. The molecule has 0 amide bonds. The first kappa shape index (κ1) is 14.1. The molecule has 2 aromatic heterocycles. The summed E-state index contributed by atoms with van der Waals surface area (Å²) < 4.78 is 20.1. The lowest BCUT2D eigenvalue weighted by molar-refractivity contribution is 0.421. The maximum Gasteiger partial charge on any atom is 0.196 e. The van der Waals surface area contributed by atoms with E-state index in [1.165, 1.54) is 17.0 Å². The maximum absolute atomic E-state index is 13.8. The second-order valence-electron chi connectivity index (χ2n) is 4.58. The Balaban J connectivity index is 2.04. The molecular weight excluding hydrogens is 287 g/mol. The normalized spacial score (nSPS) is 10.8. The number of aromatic nitrogens is 4. The number of hydrogen-bond acceptors (Lipinski definition) is 6. The van der Waals surface area contributed by atoms with Crippen LogP contribution in [0.3, 0.4) is 0 Å². The number of hydrogen-bond donors (Lipinski definition) is 2. The minimum atomic E-state index is -0.334. The second kappa shape index (κ2) is 5.86. The van der Waals surface area contributed by atoms with Crippen molar-refractivity contribution in [1.82, 2.24) is 19.9 Å². The zero-order valence-corrected chi connectivity index (χ0v) is 11.5. The molecule has 3 aromatic rings. The van der Waals surface area contributed by atoms with Crippen LogP contribution in [0.4, 0.5) is 4.39 Å². The molecule has 3 N–H and O–H groups in total. The average Bonchev–Trinajstić information content (AvgIpc) is 3.18. The van der Waals surface area contributed by atoms with Crippen molar-refractivity contribution in [2.24, 2.45) is 5.73 Å². The van der Waals surface area contributed by atoms with Crippen molar-refractivity contribution in [3.05, 3.63) is 53.8 Å². The number of nitrogens with zero attached hydrogens (tertiary/aromatic N) is 4. The summed E-state index contributed by atoms with van der Waals surface area (Å²) in [6.07, 6.45) is 1.41. The number of nitrogens with two attached hydrogens (primary N) is 1. The smallest absolute Gasteiger partial charge is 0.196 e. The highest BCUT2D eigenvalue weighted by molar-refractivity contribution is 5.96. The van der Waals surface area contributed by atoms with E-state index >= 15 is 0 Å². The summed E-state index contributed by atoms with van der Waals surface area (Å²) in [5, 5.41) is 15.8. The maximum atomic E-state index is 13.8. The number of benzene rings is 1. The van der Waals surface area contributed by atoms with Crippen molar-refractivity contribution in [3.8, 4) is 11.5 Å². The van der Waals surface area contributed by atoms with Crippen LogP contribution in [0.1, 0.15) is 11.4 Å². The van der Waals surface area contributed by atoms with Gasteiger partial charge in [-0.1, -0.05) is 23.4 Å². The van der Waals surface area contributed by atoms with Gasteiger partial charge in [-0.3, -0.25) is 5.41 Å². The van der Waals surface area contributed by atoms with Crippen LogP contribution in [0.15, 0.2) is 41.1 Å². The molecule has 0 atom stereocenters. The standard InChI is InChI=1S/C14H13FN6O/c15-10-4-2-1-3-9(10)8-21-14(12-5-6-22-20-12)18-13(19-21)11(17)7-16/h1-6,17H,7-8,16H2. The van der Waals surface area contributed by atoms with E-state index in [1.54, 1.807) is 24.3 Å². The number of nitrogens with one attached hydrogen (secondary N) is 1. The first-order valence-corrected chi connectivity index (χ1v) is 6.56. The van der Waals surface area contributed by atoms with Gasteiger partial charge in [-0.25, -0.2) is 14.1 Å². The summed E-state index contributed by atoms with van der Waals surface area (Å²) in [6, 6.07) is 8.03. The average molecular weight is 300 g/mol. The predicted molar refractivity (Wildman–Crippen MR) is 76.9 cm³/mol. The lowest BCUT2D eigenvalue weighted by Crippen LogP contribution is -2.15. The highest BCUT2D eigenvalue weighted by atomic mass is 19.1. The van der Waals surface area contributed by atoms with Crippen molar-refractivity contribution >= 4 is 5.71 Å². The van der Waals surface area contributed by atoms with Crippen LogP contribution in [0, 0.1) is 11.2 Å². The Morgan fingerprint density at radius 1 is 1.32 bits per heavy atom. The molecule has 0 unspecified atom stereocenters. The monoisotopic (exact) mass is 300 g/mol.